The van der Waals surface area contributed by atoms with E-state index in [-0.39, 0.29) is 28.1 Å². The van der Waals surface area contributed by atoms with E-state index in [4.69, 9.17) is 0 Å². The molecule has 0 aliphatic heterocycles. The van der Waals surface area contributed by atoms with Gasteiger partial charge in [0.05, 0.1) is 6.10 Å². The second-order valence-corrected chi connectivity index (χ2v) is 9.05. The van der Waals surface area contributed by atoms with Gasteiger partial charge in [0.1, 0.15) is 5.78 Å². The van der Waals surface area contributed by atoms with Gasteiger partial charge >= 0.3 is 0 Å². The summed E-state index contributed by atoms with van der Waals surface area (Å²) in [5.41, 5.74) is -0.131. The number of aliphatic hydroxyl groups excluding tert-OH is 1. The lowest BCUT2D eigenvalue weighted by Crippen LogP contribution is -2.58. The zero-order valence-corrected chi connectivity index (χ0v) is 14.7. The molecule has 0 spiro atoms. The summed E-state index contributed by atoms with van der Waals surface area (Å²) in [5, 5.41) is 11.2. The van der Waals surface area contributed by atoms with Crippen molar-refractivity contribution in [3.8, 4) is 0 Å². The van der Waals surface area contributed by atoms with Gasteiger partial charge in [0.15, 0.2) is 0 Å². The van der Waals surface area contributed by atoms with Crippen LogP contribution in [0.5, 0.6) is 0 Å². The summed E-state index contributed by atoms with van der Waals surface area (Å²) in [6.07, 6.45) is 7.57. The molecule has 124 valence electrons. The molecule has 0 aromatic carbocycles. The first-order valence-corrected chi connectivity index (χ1v) is 9.06. The van der Waals surface area contributed by atoms with Crippen LogP contribution in [0.3, 0.4) is 0 Å². The minimum Gasteiger partial charge on any atom is -0.392 e. The molecule has 3 aliphatic rings. The van der Waals surface area contributed by atoms with Crippen LogP contribution in [-0.2, 0) is 4.79 Å². The van der Waals surface area contributed by atoms with E-state index in [9.17, 15) is 9.90 Å². The fraction of sp³-hybridized carbons (Fsp3) is 0.850. The van der Waals surface area contributed by atoms with Crippen molar-refractivity contribution in [1.29, 1.82) is 0 Å². The molecular weight excluding hydrogens is 272 g/mol. The Kier molecular flexibility index (Phi) is 3.64. The van der Waals surface area contributed by atoms with Crippen molar-refractivity contribution < 1.29 is 9.90 Å². The van der Waals surface area contributed by atoms with Crippen LogP contribution in [0.15, 0.2) is 12.7 Å². The van der Waals surface area contributed by atoms with Crippen LogP contribution in [0, 0.1) is 34.0 Å². The summed E-state index contributed by atoms with van der Waals surface area (Å²) in [5.74, 6) is 1.30. The van der Waals surface area contributed by atoms with Crippen molar-refractivity contribution in [2.75, 3.05) is 0 Å². The Hall–Kier alpha value is -0.630. The number of rotatable bonds is 1. The Morgan fingerprint density at radius 2 is 1.86 bits per heavy atom. The molecule has 0 aromatic heterocycles. The van der Waals surface area contributed by atoms with E-state index in [0.717, 1.165) is 25.7 Å². The molecule has 3 saturated carbocycles. The molecule has 0 aromatic rings. The molecule has 1 N–H and O–H groups in total. The van der Waals surface area contributed by atoms with E-state index in [1.165, 1.54) is 6.42 Å². The first-order valence-electron chi connectivity index (χ1n) is 9.06. The Labute approximate surface area is 135 Å². The first-order chi connectivity index (χ1) is 10.2. The van der Waals surface area contributed by atoms with E-state index >= 15 is 0 Å². The molecule has 0 saturated heterocycles. The monoisotopic (exact) mass is 304 g/mol. The van der Waals surface area contributed by atoms with Gasteiger partial charge in [0, 0.05) is 17.8 Å². The molecule has 2 nitrogen and oxygen atoms in total. The Morgan fingerprint density at radius 3 is 2.50 bits per heavy atom. The molecular formula is C20H32O2. The summed E-state index contributed by atoms with van der Waals surface area (Å²) in [6.45, 7) is 13.0. The minimum atomic E-state index is -0.400. The second kappa shape index (κ2) is 4.93. The van der Waals surface area contributed by atoms with Crippen molar-refractivity contribution in [2.24, 2.45) is 34.0 Å². The highest BCUT2D eigenvalue weighted by molar-refractivity contribution is 5.85. The lowest BCUT2D eigenvalue weighted by Gasteiger charge is -2.60. The average Bonchev–Trinajstić information content (AvgIpc) is 2.87. The number of ketones is 1. The lowest BCUT2D eigenvalue weighted by atomic mass is 9.44. The third kappa shape index (κ3) is 1.85. The number of carbonyl (C=O) groups is 1. The average molecular weight is 304 g/mol. The van der Waals surface area contributed by atoms with E-state index in [2.05, 4.69) is 34.3 Å². The summed E-state index contributed by atoms with van der Waals surface area (Å²) in [6, 6.07) is 0. The highest BCUT2D eigenvalue weighted by Gasteiger charge is 2.65. The molecule has 3 rings (SSSR count). The van der Waals surface area contributed by atoms with Gasteiger partial charge in [-0.05, 0) is 54.8 Å². The van der Waals surface area contributed by atoms with Crippen molar-refractivity contribution in [2.45, 2.75) is 72.3 Å². The predicted octanol–water partition coefficient (Wildman–Crippen LogP) is 4.37. The number of carbonyl (C=O) groups excluding carboxylic acids is 1. The standard InChI is InChI=1S/C20H32O2/c1-6-18(4)11-12-19(5)9-7-13(2)20(14(3)17(18)22)10-8-15(21)16(19)20/h6,13-14,16-17,22H,1,7-12H2,2-5H3. The smallest absolute Gasteiger partial charge is 0.137 e. The Balaban J connectivity index is 2.16. The molecule has 22 heavy (non-hydrogen) atoms. The SMILES string of the molecule is C=CC1(C)CCC2(C)CCC(C)C3(CCC(=O)C23)C(C)C1O. The van der Waals surface area contributed by atoms with E-state index < -0.39 is 6.10 Å². The molecule has 2 heteroatoms. The quantitative estimate of drug-likeness (QED) is 0.730. The van der Waals surface area contributed by atoms with Crippen LogP contribution < -0.4 is 0 Å². The van der Waals surface area contributed by atoms with Gasteiger partial charge in [0.25, 0.3) is 0 Å². The molecule has 0 radical (unpaired) electrons. The molecule has 3 fully saturated rings. The third-order valence-corrected chi connectivity index (χ3v) is 8.12. The van der Waals surface area contributed by atoms with Crippen LogP contribution in [0.25, 0.3) is 0 Å². The van der Waals surface area contributed by atoms with E-state index in [1.807, 2.05) is 6.08 Å². The second-order valence-electron chi connectivity index (χ2n) is 9.05. The van der Waals surface area contributed by atoms with Gasteiger partial charge in [-0.15, -0.1) is 6.58 Å². The maximum atomic E-state index is 12.8. The molecule has 0 amide bonds. The summed E-state index contributed by atoms with van der Waals surface area (Å²) in [4.78, 5) is 12.8. The maximum absolute atomic E-state index is 12.8. The first kappa shape index (κ1) is 16.2. The number of aliphatic hydroxyl groups is 1. The maximum Gasteiger partial charge on any atom is 0.137 e. The Morgan fingerprint density at radius 1 is 1.18 bits per heavy atom. The van der Waals surface area contributed by atoms with Crippen molar-refractivity contribution in [3.63, 3.8) is 0 Å². The van der Waals surface area contributed by atoms with Gasteiger partial charge in [0.2, 0.25) is 0 Å². The van der Waals surface area contributed by atoms with Crippen LogP contribution in [0.4, 0.5) is 0 Å². The highest BCUT2D eigenvalue weighted by atomic mass is 16.3. The van der Waals surface area contributed by atoms with Crippen molar-refractivity contribution in [3.05, 3.63) is 12.7 Å². The van der Waals surface area contributed by atoms with Gasteiger partial charge in [-0.1, -0.05) is 33.8 Å². The van der Waals surface area contributed by atoms with Crippen LogP contribution >= 0.6 is 0 Å². The number of Topliss-reactive ketones (excluding diaryl/α,β-unsaturated/α-hetero) is 1. The molecule has 0 heterocycles. The topological polar surface area (TPSA) is 37.3 Å². The summed E-state index contributed by atoms with van der Waals surface area (Å²) < 4.78 is 0. The molecule has 7 unspecified atom stereocenters. The van der Waals surface area contributed by atoms with Crippen molar-refractivity contribution >= 4 is 5.78 Å². The molecule has 7 atom stereocenters. The minimum absolute atomic E-state index is 0.00576. The van der Waals surface area contributed by atoms with Crippen molar-refractivity contribution in [1.82, 2.24) is 0 Å². The van der Waals surface area contributed by atoms with Gasteiger partial charge in [-0.2, -0.15) is 0 Å². The fourth-order valence-corrected chi connectivity index (χ4v) is 6.46. The molecule has 3 aliphatic carbocycles. The third-order valence-electron chi connectivity index (χ3n) is 8.12. The summed E-state index contributed by atoms with van der Waals surface area (Å²) in [7, 11) is 0. The van der Waals surface area contributed by atoms with E-state index in [1.54, 1.807) is 0 Å². The lowest BCUT2D eigenvalue weighted by molar-refractivity contribution is -0.162. The van der Waals surface area contributed by atoms with Gasteiger partial charge in [-0.3, -0.25) is 4.79 Å². The highest BCUT2D eigenvalue weighted by Crippen LogP contribution is 2.67. The van der Waals surface area contributed by atoms with Gasteiger partial charge in [-0.25, -0.2) is 0 Å². The molecule has 2 bridgehead atoms. The summed E-state index contributed by atoms with van der Waals surface area (Å²) >= 11 is 0. The number of hydrogen-bond donors (Lipinski definition) is 1. The van der Waals surface area contributed by atoms with Crippen LogP contribution in [-0.4, -0.2) is 17.0 Å². The largest absolute Gasteiger partial charge is 0.392 e. The van der Waals surface area contributed by atoms with Crippen LogP contribution in [0.1, 0.15) is 66.2 Å². The van der Waals surface area contributed by atoms with Gasteiger partial charge < -0.3 is 5.11 Å². The number of hydrogen-bond acceptors (Lipinski definition) is 2. The van der Waals surface area contributed by atoms with E-state index in [0.29, 0.717) is 18.1 Å². The predicted molar refractivity (Wildman–Crippen MR) is 89.4 cm³/mol. The zero-order chi connectivity index (χ0) is 16.3. The normalized spacial score (nSPS) is 55.2. The fourth-order valence-electron chi connectivity index (χ4n) is 6.46. The van der Waals surface area contributed by atoms with Crippen LogP contribution in [0.2, 0.25) is 0 Å². The Bertz CT molecular complexity index is 498. The zero-order valence-electron chi connectivity index (χ0n) is 14.7.